The molecular formula is C18H15F3N6O. The highest BCUT2D eigenvalue weighted by Gasteiger charge is 2.32. The molecule has 10 heteroatoms. The fraction of sp³-hybridized carbons (Fsp3) is 0.111. The minimum Gasteiger partial charge on any atom is -0.506 e. The molecule has 0 fully saturated rings. The van der Waals surface area contributed by atoms with E-state index in [-0.39, 0.29) is 5.69 Å². The number of nitrogens with one attached hydrogen (secondary N) is 2. The van der Waals surface area contributed by atoms with Crippen LogP contribution in [0.3, 0.4) is 0 Å². The van der Waals surface area contributed by atoms with Gasteiger partial charge in [0, 0.05) is 37.4 Å². The topological polar surface area (TPSA) is 78.2 Å². The third kappa shape index (κ3) is 3.20. The normalized spacial score (nSPS) is 13.6. The molecule has 7 nitrogen and oxygen atoms in total. The first-order valence-corrected chi connectivity index (χ1v) is 8.19. The lowest BCUT2D eigenvalue weighted by atomic mass is 10.1. The van der Waals surface area contributed by atoms with E-state index >= 15 is 0 Å². The molecule has 0 atom stereocenters. The molecule has 28 heavy (non-hydrogen) atoms. The molecule has 4 rings (SSSR count). The average Bonchev–Trinajstić information content (AvgIpc) is 3.06. The van der Waals surface area contributed by atoms with Crippen LogP contribution >= 0.6 is 0 Å². The Morgan fingerprint density at radius 2 is 1.96 bits per heavy atom. The largest absolute Gasteiger partial charge is 0.506 e. The van der Waals surface area contributed by atoms with Crippen LogP contribution in [-0.2, 0) is 13.2 Å². The number of phenolic OH excluding ortho intramolecular Hbond substituents is 1. The Balaban J connectivity index is 1.70. The highest BCUT2D eigenvalue weighted by molar-refractivity contribution is 5.87. The lowest BCUT2D eigenvalue weighted by Crippen LogP contribution is -2.34. The number of aryl methyl sites for hydroxylation is 1. The standard InChI is InChI=1S/C18H15F3N6O/c1-26-10-12(7-23-26)25-14-9-24-27(15-4-5-22-8-13(14)15)16-3-2-11(6-17(16)28)18(19,20)21/h2-10,24-25,28H,1H3. The monoisotopic (exact) mass is 388 g/mol. The predicted molar refractivity (Wildman–Crippen MR) is 97.4 cm³/mol. The summed E-state index contributed by atoms with van der Waals surface area (Å²) in [4.78, 5) is 4.12. The number of phenols is 1. The zero-order valence-electron chi connectivity index (χ0n) is 14.6. The van der Waals surface area contributed by atoms with Crippen molar-refractivity contribution in [2.24, 2.45) is 7.05 Å². The van der Waals surface area contributed by atoms with E-state index in [2.05, 4.69) is 20.8 Å². The van der Waals surface area contributed by atoms with E-state index < -0.39 is 17.5 Å². The van der Waals surface area contributed by atoms with Crippen LogP contribution in [0, 0.1) is 0 Å². The van der Waals surface area contributed by atoms with Gasteiger partial charge in [0.05, 0.1) is 28.8 Å². The number of halogens is 3. The summed E-state index contributed by atoms with van der Waals surface area (Å²) < 4.78 is 40.3. The predicted octanol–water partition coefficient (Wildman–Crippen LogP) is 3.61. The maximum atomic E-state index is 12.9. The molecule has 3 aromatic rings. The third-order valence-corrected chi connectivity index (χ3v) is 4.19. The quantitative estimate of drug-likeness (QED) is 0.636. The van der Waals surface area contributed by atoms with Gasteiger partial charge in [-0.2, -0.15) is 18.3 Å². The van der Waals surface area contributed by atoms with Crippen LogP contribution in [0.5, 0.6) is 5.75 Å². The van der Waals surface area contributed by atoms with E-state index in [4.69, 9.17) is 0 Å². The number of nitrogens with zero attached hydrogens (tertiary/aromatic N) is 4. The van der Waals surface area contributed by atoms with E-state index in [1.165, 1.54) is 11.1 Å². The van der Waals surface area contributed by atoms with Gasteiger partial charge in [0.2, 0.25) is 0 Å². The molecule has 0 unspecified atom stereocenters. The molecule has 1 aliphatic rings. The second kappa shape index (κ2) is 6.48. The molecule has 0 amide bonds. The van der Waals surface area contributed by atoms with Crippen molar-refractivity contribution in [2.45, 2.75) is 6.18 Å². The summed E-state index contributed by atoms with van der Waals surface area (Å²) in [6, 6.07) is 4.52. The summed E-state index contributed by atoms with van der Waals surface area (Å²) in [7, 11) is 1.79. The van der Waals surface area contributed by atoms with E-state index in [0.29, 0.717) is 23.0 Å². The van der Waals surface area contributed by atoms with Gasteiger partial charge in [0.15, 0.2) is 0 Å². The number of pyridine rings is 1. The Bertz CT molecular complexity index is 1060. The Kier molecular flexibility index (Phi) is 4.10. The zero-order valence-corrected chi connectivity index (χ0v) is 14.6. The van der Waals surface area contributed by atoms with Crippen LogP contribution in [0.15, 0.2) is 55.3 Å². The molecule has 0 bridgehead atoms. The molecular weight excluding hydrogens is 373 g/mol. The van der Waals surface area contributed by atoms with Gasteiger partial charge >= 0.3 is 6.18 Å². The first kappa shape index (κ1) is 17.7. The van der Waals surface area contributed by atoms with Crippen molar-refractivity contribution in [3.8, 4) is 5.75 Å². The first-order valence-electron chi connectivity index (χ1n) is 8.19. The molecule has 0 spiro atoms. The van der Waals surface area contributed by atoms with Gasteiger partial charge < -0.3 is 10.4 Å². The molecule has 3 N–H and O–H groups in total. The van der Waals surface area contributed by atoms with Crippen LogP contribution in [0.25, 0.3) is 5.70 Å². The number of hydrazine groups is 1. The van der Waals surface area contributed by atoms with Crippen LogP contribution in [0.1, 0.15) is 11.1 Å². The Morgan fingerprint density at radius 3 is 2.64 bits per heavy atom. The molecule has 0 aliphatic carbocycles. The van der Waals surface area contributed by atoms with Crippen LogP contribution in [-0.4, -0.2) is 19.9 Å². The minimum atomic E-state index is -4.53. The summed E-state index contributed by atoms with van der Waals surface area (Å²) in [5.74, 6) is -0.498. The molecule has 3 heterocycles. The van der Waals surface area contributed by atoms with E-state index in [0.717, 1.165) is 11.8 Å². The number of alkyl halides is 3. The fourth-order valence-electron chi connectivity index (χ4n) is 2.90. The van der Waals surface area contributed by atoms with Gasteiger partial charge in [-0.1, -0.05) is 0 Å². The van der Waals surface area contributed by atoms with Gasteiger partial charge in [-0.15, -0.1) is 0 Å². The number of fused-ring (bicyclic) bond motifs is 1. The minimum absolute atomic E-state index is 0.178. The molecule has 1 aliphatic heterocycles. The van der Waals surface area contributed by atoms with E-state index in [1.807, 2.05) is 0 Å². The van der Waals surface area contributed by atoms with Crippen molar-refractivity contribution in [3.63, 3.8) is 0 Å². The van der Waals surface area contributed by atoms with Crippen molar-refractivity contribution in [1.29, 1.82) is 0 Å². The van der Waals surface area contributed by atoms with Gasteiger partial charge in [0.1, 0.15) is 11.4 Å². The third-order valence-electron chi connectivity index (χ3n) is 4.19. The first-order chi connectivity index (χ1) is 13.3. The molecule has 2 aromatic heterocycles. The zero-order chi connectivity index (χ0) is 19.9. The number of aromatic hydroxyl groups is 1. The smallest absolute Gasteiger partial charge is 0.416 e. The Morgan fingerprint density at radius 1 is 1.14 bits per heavy atom. The van der Waals surface area contributed by atoms with Crippen LogP contribution in [0.4, 0.5) is 30.2 Å². The number of anilines is 3. The van der Waals surface area contributed by atoms with Crippen molar-refractivity contribution >= 4 is 22.8 Å². The van der Waals surface area contributed by atoms with Gasteiger partial charge in [-0.3, -0.25) is 20.1 Å². The maximum Gasteiger partial charge on any atom is 0.416 e. The SMILES string of the molecule is Cn1cc(NC2=CNN(c3ccc(C(F)(F)F)cc3O)c3ccncc32)cn1. The van der Waals surface area contributed by atoms with Crippen molar-refractivity contribution in [2.75, 3.05) is 10.3 Å². The molecule has 0 radical (unpaired) electrons. The van der Waals surface area contributed by atoms with Crippen LogP contribution < -0.4 is 15.8 Å². The second-order valence-corrected chi connectivity index (χ2v) is 6.14. The Hall–Kier alpha value is -3.69. The number of benzene rings is 1. The number of aromatic nitrogens is 3. The van der Waals surface area contributed by atoms with Crippen molar-refractivity contribution in [3.05, 3.63) is 66.4 Å². The number of hydrogen-bond acceptors (Lipinski definition) is 6. The molecule has 1 aromatic carbocycles. The average molecular weight is 388 g/mol. The lowest BCUT2D eigenvalue weighted by Gasteiger charge is -2.32. The summed E-state index contributed by atoms with van der Waals surface area (Å²) in [5, 5.41) is 19.0. The van der Waals surface area contributed by atoms with Crippen molar-refractivity contribution in [1.82, 2.24) is 20.2 Å². The fourth-order valence-corrected chi connectivity index (χ4v) is 2.90. The number of hydrogen-bond donors (Lipinski definition) is 3. The summed E-state index contributed by atoms with van der Waals surface area (Å²) in [6.07, 6.45) is 3.74. The van der Waals surface area contributed by atoms with Gasteiger partial charge in [-0.05, 0) is 24.3 Å². The molecule has 144 valence electrons. The van der Waals surface area contributed by atoms with Gasteiger partial charge in [0.25, 0.3) is 0 Å². The molecule has 0 saturated heterocycles. The van der Waals surface area contributed by atoms with E-state index in [1.54, 1.807) is 48.8 Å². The van der Waals surface area contributed by atoms with Crippen molar-refractivity contribution < 1.29 is 18.3 Å². The summed E-state index contributed by atoms with van der Waals surface area (Å²) in [6.45, 7) is 0. The van der Waals surface area contributed by atoms with E-state index in [9.17, 15) is 18.3 Å². The maximum absolute atomic E-state index is 12.9. The highest BCUT2D eigenvalue weighted by Crippen LogP contribution is 2.40. The van der Waals surface area contributed by atoms with Gasteiger partial charge in [-0.25, -0.2) is 0 Å². The highest BCUT2D eigenvalue weighted by atomic mass is 19.4. The molecule has 0 saturated carbocycles. The lowest BCUT2D eigenvalue weighted by molar-refractivity contribution is -0.137. The second-order valence-electron chi connectivity index (χ2n) is 6.14. The van der Waals surface area contributed by atoms with Crippen LogP contribution in [0.2, 0.25) is 0 Å². The summed E-state index contributed by atoms with van der Waals surface area (Å²) in [5.41, 5.74) is 5.00. The Labute approximate surface area is 157 Å². The summed E-state index contributed by atoms with van der Waals surface area (Å²) >= 11 is 0. The number of rotatable bonds is 3.